The molecule has 33 heavy (non-hydrogen) atoms. The van der Waals surface area contributed by atoms with Crippen LogP contribution < -0.4 is 10.1 Å². The Hall–Kier alpha value is -3.71. The van der Waals surface area contributed by atoms with Crippen LogP contribution in [0.25, 0.3) is 11.0 Å². The van der Waals surface area contributed by atoms with E-state index in [0.29, 0.717) is 25.3 Å². The van der Waals surface area contributed by atoms with Crippen molar-refractivity contribution in [3.05, 3.63) is 89.5 Å². The van der Waals surface area contributed by atoms with Crippen molar-refractivity contribution in [3.63, 3.8) is 0 Å². The molecule has 3 aromatic carbocycles. The maximum atomic E-state index is 12.6. The third-order valence-corrected chi connectivity index (χ3v) is 5.81. The molecule has 1 atom stereocenters. The second-order valence-electron chi connectivity index (χ2n) is 8.21. The van der Waals surface area contributed by atoms with Crippen LogP contribution in [0.5, 0.6) is 5.75 Å². The van der Waals surface area contributed by atoms with Crippen LogP contribution in [0.2, 0.25) is 0 Å². The third-order valence-electron chi connectivity index (χ3n) is 5.81. The minimum Gasteiger partial charge on any atom is -0.491 e. The number of fused-ring (bicyclic) bond motifs is 1. The zero-order valence-corrected chi connectivity index (χ0v) is 18.3. The quantitative estimate of drug-likeness (QED) is 0.447. The Kier molecular flexibility index (Phi) is 6.30. The Labute approximate surface area is 192 Å². The molecule has 168 valence electrons. The number of hydrogen-bond acceptors (Lipinski definition) is 5. The summed E-state index contributed by atoms with van der Waals surface area (Å²) < 4.78 is 13.2. The molecule has 4 aromatic rings. The molecule has 0 bridgehead atoms. The first-order chi connectivity index (χ1) is 16.2. The summed E-state index contributed by atoms with van der Waals surface area (Å²) in [4.78, 5) is 12.6. The summed E-state index contributed by atoms with van der Waals surface area (Å²) in [6.45, 7) is 2.47. The van der Waals surface area contributed by atoms with E-state index in [1.807, 2.05) is 77.5 Å². The Morgan fingerprint density at radius 3 is 2.61 bits per heavy atom. The molecule has 1 aromatic heterocycles. The minimum absolute atomic E-state index is 0.105. The van der Waals surface area contributed by atoms with Crippen molar-refractivity contribution in [2.24, 2.45) is 0 Å². The normalized spacial score (nSPS) is 15.6. The molecule has 5 rings (SSSR count). The predicted molar refractivity (Wildman–Crippen MR) is 125 cm³/mol. The van der Waals surface area contributed by atoms with Crippen molar-refractivity contribution < 1.29 is 14.3 Å². The van der Waals surface area contributed by atoms with Gasteiger partial charge in [-0.25, -0.2) is 4.68 Å². The Bertz CT molecular complexity index is 1210. The van der Waals surface area contributed by atoms with Crippen molar-refractivity contribution in [2.45, 2.75) is 32.0 Å². The lowest BCUT2D eigenvalue weighted by Gasteiger charge is -2.12. The van der Waals surface area contributed by atoms with E-state index in [-0.39, 0.29) is 12.0 Å². The Balaban J connectivity index is 1.12. The summed E-state index contributed by atoms with van der Waals surface area (Å²) in [5.74, 6) is 0.711. The lowest BCUT2D eigenvalue weighted by Crippen LogP contribution is -2.22. The highest BCUT2D eigenvalue weighted by molar-refractivity contribution is 5.94. The number of aromatic nitrogens is 3. The van der Waals surface area contributed by atoms with Gasteiger partial charge in [-0.1, -0.05) is 41.6 Å². The van der Waals surface area contributed by atoms with E-state index in [0.717, 1.165) is 47.4 Å². The Morgan fingerprint density at radius 1 is 1.03 bits per heavy atom. The highest BCUT2D eigenvalue weighted by atomic mass is 16.5. The SMILES string of the molecule is O=C(NCc1ccc(OCC2CCCO2)cc1)c1ccc(Cn2nnc3ccccc32)cc1. The second-order valence-corrected chi connectivity index (χ2v) is 8.21. The molecule has 1 aliphatic rings. The zero-order chi connectivity index (χ0) is 22.5. The van der Waals surface area contributed by atoms with Crippen molar-refractivity contribution in [1.29, 1.82) is 0 Å². The number of ether oxygens (including phenoxy) is 2. The van der Waals surface area contributed by atoms with Gasteiger partial charge in [0.1, 0.15) is 17.9 Å². The monoisotopic (exact) mass is 442 g/mol. The predicted octanol–water partition coefficient (Wildman–Crippen LogP) is 3.97. The third kappa shape index (κ3) is 5.21. The van der Waals surface area contributed by atoms with Crippen LogP contribution in [0.4, 0.5) is 0 Å². The van der Waals surface area contributed by atoms with Gasteiger partial charge in [0, 0.05) is 18.7 Å². The van der Waals surface area contributed by atoms with E-state index < -0.39 is 0 Å². The molecule has 0 radical (unpaired) electrons. The lowest BCUT2D eigenvalue weighted by molar-refractivity contribution is 0.0679. The summed E-state index contributed by atoms with van der Waals surface area (Å²) >= 11 is 0. The van der Waals surface area contributed by atoms with Crippen LogP contribution in [0.3, 0.4) is 0 Å². The van der Waals surface area contributed by atoms with Gasteiger partial charge in [0.2, 0.25) is 0 Å². The maximum Gasteiger partial charge on any atom is 0.251 e. The maximum absolute atomic E-state index is 12.6. The summed E-state index contributed by atoms with van der Waals surface area (Å²) in [7, 11) is 0. The van der Waals surface area contributed by atoms with Gasteiger partial charge < -0.3 is 14.8 Å². The van der Waals surface area contributed by atoms with E-state index in [1.165, 1.54) is 0 Å². The van der Waals surface area contributed by atoms with Gasteiger partial charge in [0.25, 0.3) is 5.91 Å². The van der Waals surface area contributed by atoms with Gasteiger partial charge >= 0.3 is 0 Å². The fourth-order valence-corrected chi connectivity index (χ4v) is 3.92. The molecule has 1 unspecified atom stereocenters. The fourth-order valence-electron chi connectivity index (χ4n) is 3.92. The Morgan fingerprint density at radius 2 is 1.82 bits per heavy atom. The highest BCUT2D eigenvalue weighted by Crippen LogP contribution is 2.17. The number of nitrogens with zero attached hydrogens (tertiary/aromatic N) is 3. The van der Waals surface area contributed by atoms with Crippen LogP contribution in [0.15, 0.2) is 72.8 Å². The van der Waals surface area contributed by atoms with E-state index >= 15 is 0 Å². The molecule has 1 amide bonds. The number of rotatable bonds is 8. The average Bonchev–Trinajstić information content (AvgIpc) is 3.53. The van der Waals surface area contributed by atoms with Crippen molar-refractivity contribution in [3.8, 4) is 5.75 Å². The number of carbonyl (C=O) groups excluding carboxylic acids is 1. The molecular weight excluding hydrogens is 416 g/mol. The molecule has 7 heteroatoms. The van der Waals surface area contributed by atoms with Gasteiger partial charge in [-0.05, 0) is 60.4 Å². The number of carbonyl (C=O) groups is 1. The van der Waals surface area contributed by atoms with Crippen LogP contribution >= 0.6 is 0 Å². The van der Waals surface area contributed by atoms with E-state index in [2.05, 4.69) is 15.6 Å². The molecular formula is C26H26N4O3. The van der Waals surface area contributed by atoms with E-state index in [1.54, 1.807) is 0 Å². The summed E-state index contributed by atoms with van der Waals surface area (Å²) in [5.41, 5.74) is 4.56. The van der Waals surface area contributed by atoms with Gasteiger partial charge in [-0.15, -0.1) is 5.10 Å². The topological polar surface area (TPSA) is 78.3 Å². The van der Waals surface area contributed by atoms with Gasteiger partial charge in [-0.3, -0.25) is 4.79 Å². The number of benzene rings is 3. The summed E-state index contributed by atoms with van der Waals surface area (Å²) in [5, 5.41) is 11.4. The minimum atomic E-state index is -0.105. The lowest BCUT2D eigenvalue weighted by atomic mass is 10.1. The van der Waals surface area contributed by atoms with Crippen molar-refractivity contribution in [2.75, 3.05) is 13.2 Å². The van der Waals surface area contributed by atoms with Crippen LogP contribution in [-0.4, -0.2) is 40.2 Å². The number of hydrogen-bond donors (Lipinski definition) is 1. The smallest absolute Gasteiger partial charge is 0.251 e. The number of amides is 1. The molecule has 1 N–H and O–H groups in total. The largest absolute Gasteiger partial charge is 0.491 e. The van der Waals surface area contributed by atoms with Gasteiger partial charge in [0.15, 0.2) is 0 Å². The van der Waals surface area contributed by atoms with Crippen molar-refractivity contribution >= 4 is 16.9 Å². The summed E-state index contributed by atoms with van der Waals surface area (Å²) in [6, 6.07) is 23.2. The summed E-state index contributed by atoms with van der Waals surface area (Å²) in [6.07, 6.45) is 2.36. The first-order valence-corrected chi connectivity index (χ1v) is 11.2. The second kappa shape index (κ2) is 9.83. The van der Waals surface area contributed by atoms with Crippen LogP contribution in [-0.2, 0) is 17.8 Å². The van der Waals surface area contributed by atoms with Gasteiger partial charge in [-0.2, -0.15) is 0 Å². The first-order valence-electron chi connectivity index (χ1n) is 11.2. The fraction of sp³-hybridized carbons (Fsp3) is 0.269. The van der Waals surface area contributed by atoms with E-state index in [9.17, 15) is 4.79 Å². The zero-order valence-electron chi connectivity index (χ0n) is 18.3. The molecule has 1 aliphatic heterocycles. The molecule has 2 heterocycles. The average molecular weight is 443 g/mol. The first kappa shape index (κ1) is 21.2. The number of nitrogens with one attached hydrogen (secondary N) is 1. The molecule has 1 fully saturated rings. The van der Waals surface area contributed by atoms with Gasteiger partial charge in [0.05, 0.1) is 18.2 Å². The van der Waals surface area contributed by atoms with Crippen molar-refractivity contribution in [1.82, 2.24) is 20.3 Å². The standard InChI is InChI=1S/C26H26N4O3/c31-26(27-16-19-9-13-22(14-10-19)33-18-23-4-3-15-32-23)21-11-7-20(8-12-21)17-30-25-6-2-1-5-24(25)28-29-30/h1-2,5-14,23H,3-4,15-18H2,(H,27,31). The number of para-hydroxylation sites is 1. The van der Waals surface area contributed by atoms with Crippen LogP contribution in [0, 0.1) is 0 Å². The molecule has 0 spiro atoms. The molecule has 0 aliphatic carbocycles. The van der Waals surface area contributed by atoms with E-state index in [4.69, 9.17) is 9.47 Å². The molecule has 7 nitrogen and oxygen atoms in total. The molecule has 0 saturated carbocycles. The molecule has 1 saturated heterocycles. The highest BCUT2D eigenvalue weighted by Gasteiger charge is 2.16. The van der Waals surface area contributed by atoms with Crippen LogP contribution in [0.1, 0.15) is 34.3 Å².